The van der Waals surface area contributed by atoms with Crippen LogP contribution in [0.1, 0.15) is 31.4 Å². The highest BCUT2D eigenvalue weighted by molar-refractivity contribution is 7.89. The Morgan fingerprint density at radius 2 is 1.31 bits per heavy atom. The first-order chi connectivity index (χ1) is 15.3. The van der Waals surface area contributed by atoms with Gasteiger partial charge < -0.3 is 14.2 Å². The highest BCUT2D eigenvalue weighted by Crippen LogP contribution is 2.28. The summed E-state index contributed by atoms with van der Waals surface area (Å²) in [6, 6.07) is 14.9. The smallest absolute Gasteiger partial charge is 0.220 e. The van der Waals surface area contributed by atoms with E-state index in [1.54, 1.807) is 27.4 Å². The molecular weight excluding hydrogens is 426 g/mol. The van der Waals surface area contributed by atoms with Gasteiger partial charge in [-0.3, -0.25) is 0 Å². The van der Waals surface area contributed by atoms with E-state index < -0.39 is 21.4 Å². The quantitative estimate of drug-likeness (QED) is 0.406. The highest BCUT2D eigenvalue weighted by Gasteiger charge is 2.39. The molecule has 176 valence electrons. The van der Waals surface area contributed by atoms with Gasteiger partial charge in [-0.05, 0) is 47.7 Å². The third kappa shape index (κ3) is 6.58. The summed E-state index contributed by atoms with van der Waals surface area (Å²) < 4.78 is 45.5. The monoisotopic (exact) mass is 461 g/mol. The fraction of sp³-hybridized carbons (Fsp3) is 0.440. The second kappa shape index (κ2) is 12.0. The van der Waals surface area contributed by atoms with Crippen molar-refractivity contribution < 1.29 is 22.6 Å². The normalized spacial score (nSPS) is 13.7. The van der Waals surface area contributed by atoms with Gasteiger partial charge in [0, 0.05) is 20.2 Å². The molecule has 0 aliphatic heterocycles. The number of rotatable bonds is 13. The van der Waals surface area contributed by atoms with Crippen LogP contribution >= 0.6 is 0 Å². The van der Waals surface area contributed by atoms with E-state index in [1.807, 2.05) is 62.4 Å². The molecule has 0 amide bonds. The Balaban J connectivity index is 2.45. The van der Waals surface area contributed by atoms with Crippen molar-refractivity contribution >= 4 is 10.0 Å². The van der Waals surface area contributed by atoms with Crippen LogP contribution in [-0.2, 0) is 27.8 Å². The second-order valence-corrected chi connectivity index (χ2v) is 10.1. The highest BCUT2D eigenvalue weighted by atomic mass is 32.2. The average molecular weight is 462 g/mol. The molecule has 0 saturated heterocycles. The number of benzene rings is 2. The summed E-state index contributed by atoms with van der Waals surface area (Å²) >= 11 is 0. The Bertz CT molecular complexity index is 890. The Kier molecular flexibility index (Phi) is 9.75. The summed E-state index contributed by atoms with van der Waals surface area (Å²) in [5.41, 5.74) is 1.76. The van der Waals surface area contributed by atoms with Gasteiger partial charge >= 0.3 is 0 Å². The summed E-state index contributed by atoms with van der Waals surface area (Å²) in [5, 5.41) is -0.706. The van der Waals surface area contributed by atoms with Crippen LogP contribution in [-0.4, -0.2) is 45.4 Å². The van der Waals surface area contributed by atoms with Gasteiger partial charge in [0.25, 0.3) is 0 Å². The molecule has 0 aromatic heterocycles. The van der Waals surface area contributed by atoms with Gasteiger partial charge in [0.05, 0.1) is 20.3 Å². The first-order valence-electron chi connectivity index (χ1n) is 10.6. The molecule has 0 heterocycles. The number of sulfonamides is 1. The maximum absolute atomic E-state index is 14.0. The molecule has 2 aromatic carbocycles. The molecule has 0 aliphatic rings. The average Bonchev–Trinajstić information content (AvgIpc) is 2.78. The minimum Gasteiger partial charge on any atom is -0.497 e. The summed E-state index contributed by atoms with van der Waals surface area (Å²) in [7, 11) is 1.03. The maximum Gasteiger partial charge on any atom is 0.220 e. The minimum atomic E-state index is -3.73. The van der Waals surface area contributed by atoms with Crippen molar-refractivity contribution in [1.82, 2.24) is 4.31 Å². The van der Waals surface area contributed by atoms with Gasteiger partial charge in [-0.15, -0.1) is 6.58 Å². The molecule has 0 N–H and O–H groups in total. The first kappa shape index (κ1) is 25.9. The SMILES string of the molecule is C=CC[C@@H](OC)[C@@H](C(C)C)S(=O)(=O)N(Cc1ccc(OC)cc1)Cc1ccc(OC)cc1. The third-order valence-corrected chi connectivity index (χ3v) is 7.98. The second-order valence-electron chi connectivity index (χ2n) is 8.02. The summed E-state index contributed by atoms with van der Waals surface area (Å²) in [6.07, 6.45) is 1.68. The molecule has 0 spiro atoms. The van der Waals surface area contributed by atoms with Crippen LogP contribution in [0.15, 0.2) is 61.2 Å². The molecule has 6 nitrogen and oxygen atoms in total. The first-order valence-corrected chi connectivity index (χ1v) is 12.2. The van der Waals surface area contributed by atoms with Crippen molar-refractivity contribution in [2.24, 2.45) is 5.92 Å². The molecule has 0 aliphatic carbocycles. The molecule has 2 rings (SSSR count). The van der Waals surface area contributed by atoms with E-state index in [4.69, 9.17) is 14.2 Å². The van der Waals surface area contributed by atoms with E-state index in [2.05, 4.69) is 6.58 Å². The minimum absolute atomic E-state index is 0.140. The number of methoxy groups -OCH3 is 3. The standard InChI is InChI=1S/C25H35NO5S/c1-7-8-24(31-6)25(19(2)3)32(27,28)26(17-20-9-13-22(29-4)14-10-20)18-21-11-15-23(30-5)16-12-21/h7,9-16,19,24-25H,1,8,17-18H2,2-6H3/t24-,25-/m1/s1. The Hall–Kier alpha value is -2.35. The van der Waals surface area contributed by atoms with Gasteiger partial charge in [0.2, 0.25) is 10.0 Å². The lowest BCUT2D eigenvalue weighted by Crippen LogP contribution is -2.47. The van der Waals surface area contributed by atoms with Crippen LogP contribution in [0.3, 0.4) is 0 Å². The van der Waals surface area contributed by atoms with Gasteiger partial charge in [-0.25, -0.2) is 8.42 Å². The van der Waals surface area contributed by atoms with Gasteiger partial charge in [0.15, 0.2) is 0 Å². The lowest BCUT2D eigenvalue weighted by atomic mass is 10.0. The summed E-state index contributed by atoms with van der Waals surface area (Å²) in [4.78, 5) is 0. The summed E-state index contributed by atoms with van der Waals surface area (Å²) in [5.74, 6) is 1.31. The van der Waals surface area contributed by atoms with Crippen molar-refractivity contribution in [3.05, 3.63) is 72.3 Å². The zero-order valence-corrected chi connectivity index (χ0v) is 20.5. The molecule has 2 atom stereocenters. The molecule has 0 fully saturated rings. The molecular formula is C25H35NO5S. The predicted molar refractivity (Wildman–Crippen MR) is 128 cm³/mol. The molecule has 0 bridgehead atoms. The molecule has 0 unspecified atom stereocenters. The lowest BCUT2D eigenvalue weighted by molar-refractivity contribution is 0.0877. The Labute approximate surface area is 192 Å². The van der Waals surface area contributed by atoms with Crippen molar-refractivity contribution in [3.63, 3.8) is 0 Å². The van der Waals surface area contributed by atoms with Crippen LogP contribution in [0, 0.1) is 5.92 Å². The van der Waals surface area contributed by atoms with E-state index in [1.165, 1.54) is 4.31 Å². The molecule has 7 heteroatoms. The number of hydrogen-bond acceptors (Lipinski definition) is 5. The maximum atomic E-state index is 14.0. The third-order valence-electron chi connectivity index (χ3n) is 5.47. The number of nitrogens with zero attached hydrogens (tertiary/aromatic N) is 1. The number of ether oxygens (including phenoxy) is 3. The number of hydrogen-bond donors (Lipinski definition) is 0. The summed E-state index contributed by atoms with van der Waals surface area (Å²) in [6.45, 7) is 8.08. The van der Waals surface area contributed by atoms with Gasteiger partial charge in [-0.1, -0.05) is 44.2 Å². The van der Waals surface area contributed by atoms with Crippen LogP contribution in [0.5, 0.6) is 11.5 Å². The van der Waals surface area contributed by atoms with E-state index in [0.717, 1.165) is 22.6 Å². The topological polar surface area (TPSA) is 65.1 Å². The van der Waals surface area contributed by atoms with Crippen molar-refractivity contribution in [1.29, 1.82) is 0 Å². The van der Waals surface area contributed by atoms with Crippen LogP contribution in [0.2, 0.25) is 0 Å². The van der Waals surface area contributed by atoms with Gasteiger partial charge in [-0.2, -0.15) is 4.31 Å². The van der Waals surface area contributed by atoms with E-state index in [-0.39, 0.29) is 19.0 Å². The Morgan fingerprint density at radius 1 is 0.875 bits per heavy atom. The fourth-order valence-electron chi connectivity index (χ4n) is 3.77. The predicted octanol–water partition coefficient (Wildman–Crippen LogP) is 4.65. The fourth-order valence-corrected chi connectivity index (χ4v) is 6.07. The van der Waals surface area contributed by atoms with Crippen LogP contribution < -0.4 is 9.47 Å². The van der Waals surface area contributed by atoms with Crippen molar-refractivity contribution in [2.45, 2.75) is 44.7 Å². The molecule has 0 radical (unpaired) electrons. The Morgan fingerprint density at radius 3 is 1.62 bits per heavy atom. The zero-order chi connectivity index (χ0) is 23.7. The molecule has 2 aromatic rings. The van der Waals surface area contributed by atoms with E-state index in [9.17, 15) is 8.42 Å². The molecule has 32 heavy (non-hydrogen) atoms. The van der Waals surface area contributed by atoms with Crippen LogP contribution in [0.4, 0.5) is 0 Å². The van der Waals surface area contributed by atoms with E-state index in [0.29, 0.717) is 6.42 Å². The molecule has 0 saturated carbocycles. The van der Waals surface area contributed by atoms with Crippen molar-refractivity contribution in [2.75, 3.05) is 21.3 Å². The van der Waals surface area contributed by atoms with E-state index >= 15 is 0 Å². The van der Waals surface area contributed by atoms with Gasteiger partial charge in [0.1, 0.15) is 16.7 Å². The zero-order valence-electron chi connectivity index (χ0n) is 19.7. The van der Waals surface area contributed by atoms with Crippen LogP contribution in [0.25, 0.3) is 0 Å². The lowest BCUT2D eigenvalue weighted by Gasteiger charge is -2.34. The largest absolute Gasteiger partial charge is 0.497 e. The van der Waals surface area contributed by atoms with Crippen molar-refractivity contribution in [3.8, 4) is 11.5 Å².